The maximum atomic E-state index is 12.1. The van der Waals surface area contributed by atoms with Gasteiger partial charge in [0, 0.05) is 19.1 Å². The van der Waals surface area contributed by atoms with Crippen LogP contribution in [0.1, 0.15) is 28.5 Å². The van der Waals surface area contributed by atoms with Crippen molar-refractivity contribution in [2.75, 3.05) is 0 Å². The van der Waals surface area contributed by atoms with Crippen molar-refractivity contribution >= 4 is 11.9 Å². The molecule has 0 radical (unpaired) electrons. The summed E-state index contributed by atoms with van der Waals surface area (Å²) >= 11 is 0. The van der Waals surface area contributed by atoms with E-state index in [-0.39, 0.29) is 24.8 Å². The predicted molar refractivity (Wildman–Crippen MR) is 84.4 cm³/mol. The van der Waals surface area contributed by atoms with Crippen molar-refractivity contribution in [3.05, 3.63) is 63.6 Å². The average Bonchev–Trinajstić information content (AvgIpc) is 2.51. The van der Waals surface area contributed by atoms with Crippen LogP contribution in [-0.2, 0) is 27.6 Å². The molecule has 0 aliphatic carbocycles. The Hall–Kier alpha value is -3.09. The molecule has 24 heavy (non-hydrogen) atoms. The van der Waals surface area contributed by atoms with Crippen molar-refractivity contribution < 1.29 is 24.2 Å². The number of carbonyl (C=O) groups is 2. The topological polar surface area (TPSA) is 94.8 Å². The van der Waals surface area contributed by atoms with E-state index in [2.05, 4.69) is 0 Å². The molecule has 126 valence electrons. The van der Waals surface area contributed by atoms with Gasteiger partial charge in [0.15, 0.2) is 6.73 Å². The van der Waals surface area contributed by atoms with Gasteiger partial charge in [0.05, 0.1) is 11.3 Å². The highest BCUT2D eigenvalue weighted by atomic mass is 16.5. The van der Waals surface area contributed by atoms with Crippen LogP contribution in [-0.4, -0.2) is 21.6 Å². The van der Waals surface area contributed by atoms with Crippen molar-refractivity contribution in [1.82, 2.24) is 4.57 Å². The molecular weight excluding hydrogens is 314 g/mol. The number of nitrogens with zero attached hydrogens (tertiary/aromatic N) is 1. The number of aromatic hydroxyl groups is 1. The van der Waals surface area contributed by atoms with E-state index in [0.717, 1.165) is 16.2 Å². The fourth-order valence-corrected chi connectivity index (χ4v) is 2.08. The van der Waals surface area contributed by atoms with Gasteiger partial charge in [-0.2, -0.15) is 0 Å². The maximum absolute atomic E-state index is 12.1. The second-order valence-corrected chi connectivity index (χ2v) is 5.13. The third-order valence-corrected chi connectivity index (χ3v) is 3.31. The normalized spacial score (nSPS) is 10.2. The van der Waals surface area contributed by atoms with Crippen LogP contribution in [0.25, 0.3) is 0 Å². The maximum Gasteiger partial charge on any atom is 0.340 e. The summed E-state index contributed by atoms with van der Waals surface area (Å²) in [4.78, 5) is 35.0. The summed E-state index contributed by atoms with van der Waals surface area (Å²) in [5.41, 5.74) is 0.786. The minimum Gasteiger partial charge on any atom is -0.508 e. The molecule has 0 saturated carbocycles. The molecule has 0 fully saturated rings. The summed E-state index contributed by atoms with van der Waals surface area (Å²) in [6, 6.07) is 9.16. The number of carbonyl (C=O) groups excluding carboxylic acids is 2. The van der Waals surface area contributed by atoms with Gasteiger partial charge in [0.1, 0.15) is 12.4 Å². The zero-order valence-corrected chi connectivity index (χ0v) is 13.3. The second kappa shape index (κ2) is 7.45. The first-order valence-corrected chi connectivity index (χ1v) is 7.17. The van der Waals surface area contributed by atoms with Crippen LogP contribution in [0.3, 0.4) is 0 Å². The van der Waals surface area contributed by atoms with Gasteiger partial charge in [-0.3, -0.25) is 14.2 Å². The average molecular weight is 331 g/mol. The molecule has 1 aromatic heterocycles. The van der Waals surface area contributed by atoms with Crippen LogP contribution in [0.4, 0.5) is 0 Å². The van der Waals surface area contributed by atoms with Gasteiger partial charge in [-0.05, 0) is 18.6 Å². The lowest BCUT2D eigenvalue weighted by Gasteiger charge is -2.14. The Morgan fingerprint density at radius 2 is 1.88 bits per heavy atom. The van der Waals surface area contributed by atoms with Crippen molar-refractivity contribution in [2.45, 2.75) is 27.2 Å². The van der Waals surface area contributed by atoms with Crippen LogP contribution >= 0.6 is 0 Å². The van der Waals surface area contributed by atoms with Crippen LogP contribution in [0.2, 0.25) is 0 Å². The molecule has 0 unspecified atom stereocenters. The summed E-state index contributed by atoms with van der Waals surface area (Å²) in [7, 11) is 0. The summed E-state index contributed by atoms with van der Waals surface area (Å²) in [6.45, 7) is 2.42. The van der Waals surface area contributed by atoms with Crippen LogP contribution < -0.4 is 5.56 Å². The molecule has 0 atom stereocenters. The lowest BCUT2D eigenvalue weighted by Crippen LogP contribution is -2.26. The number of pyridine rings is 1. The molecule has 0 amide bonds. The molecule has 1 aromatic carbocycles. The van der Waals surface area contributed by atoms with Gasteiger partial charge in [-0.1, -0.05) is 18.2 Å². The van der Waals surface area contributed by atoms with E-state index in [0.29, 0.717) is 5.56 Å². The number of benzene rings is 1. The summed E-state index contributed by atoms with van der Waals surface area (Å²) in [5.74, 6) is -1.37. The number of aromatic nitrogens is 1. The van der Waals surface area contributed by atoms with Crippen LogP contribution in [0.15, 0.2) is 41.2 Å². The lowest BCUT2D eigenvalue weighted by molar-refractivity contribution is -0.142. The summed E-state index contributed by atoms with van der Waals surface area (Å²) in [6.07, 6.45) is 0. The van der Waals surface area contributed by atoms with E-state index >= 15 is 0 Å². The highest BCUT2D eigenvalue weighted by Crippen LogP contribution is 2.12. The van der Waals surface area contributed by atoms with Gasteiger partial charge in [0.25, 0.3) is 5.56 Å². The number of hydrogen-bond donors (Lipinski definition) is 1. The Morgan fingerprint density at radius 3 is 2.54 bits per heavy atom. The van der Waals surface area contributed by atoms with Crippen molar-refractivity contribution in [3.63, 3.8) is 0 Å². The predicted octanol–water partition coefficient (Wildman–Crippen LogP) is 1.74. The first-order valence-electron chi connectivity index (χ1n) is 7.17. The standard InChI is InChI=1S/C17H17NO6/c1-11-5-3-4-6-15(11)17(22)24-10-18-13(9-23-12(2)19)7-14(20)8-16(18)21/h3-8,20H,9-10H2,1-2H3. The lowest BCUT2D eigenvalue weighted by atomic mass is 10.1. The monoisotopic (exact) mass is 331 g/mol. The van der Waals surface area contributed by atoms with Crippen LogP contribution in [0, 0.1) is 6.92 Å². The minimum atomic E-state index is -0.577. The smallest absolute Gasteiger partial charge is 0.340 e. The SMILES string of the molecule is CC(=O)OCc1cc(O)cc(=O)n1COC(=O)c1ccccc1C. The van der Waals surface area contributed by atoms with Gasteiger partial charge in [0.2, 0.25) is 0 Å². The zero-order valence-electron chi connectivity index (χ0n) is 13.3. The molecule has 0 aliphatic heterocycles. The van der Waals surface area contributed by atoms with E-state index in [9.17, 15) is 19.5 Å². The molecular formula is C17H17NO6. The molecule has 7 heteroatoms. The number of ether oxygens (including phenoxy) is 2. The quantitative estimate of drug-likeness (QED) is 0.839. The first kappa shape index (κ1) is 17.3. The second-order valence-electron chi connectivity index (χ2n) is 5.13. The van der Waals surface area contributed by atoms with Crippen LogP contribution in [0.5, 0.6) is 5.75 Å². The molecule has 0 saturated heterocycles. The Labute approximate surface area is 138 Å². The third-order valence-electron chi connectivity index (χ3n) is 3.31. The molecule has 1 heterocycles. The Balaban J connectivity index is 2.20. The zero-order chi connectivity index (χ0) is 17.7. The number of aryl methyl sites for hydroxylation is 1. The van der Waals surface area contributed by atoms with Gasteiger partial charge < -0.3 is 14.6 Å². The highest BCUT2D eigenvalue weighted by Gasteiger charge is 2.13. The molecule has 7 nitrogen and oxygen atoms in total. The van der Waals surface area contributed by atoms with E-state index < -0.39 is 17.5 Å². The number of esters is 2. The van der Waals surface area contributed by atoms with E-state index in [1.807, 2.05) is 0 Å². The number of rotatable bonds is 5. The molecule has 2 rings (SSSR count). The molecule has 1 N–H and O–H groups in total. The first-order chi connectivity index (χ1) is 11.4. The fraction of sp³-hybridized carbons (Fsp3) is 0.235. The van der Waals surface area contributed by atoms with Gasteiger partial charge in [-0.25, -0.2) is 4.79 Å². The molecule has 0 spiro atoms. The highest BCUT2D eigenvalue weighted by molar-refractivity contribution is 5.90. The van der Waals surface area contributed by atoms with Crippen molar-refractivity contribution in [3.8, 4) is 5.75 Å². The minimum absolute atomic E-state index is 0.216. The van der Waals surface area contributed by atoms with Gasteiger partial charge >= 0.3 is 11.9 Å². The number of hydrogen-bond acceptors (Lipinski definition) is 6. The summed E-state index contributed by atoms with van der Waals surface area (Å²) < 4.78 is 11.1. The third kappa shape index (κ3) is 4.22. The molecule has 0 aliphatic rings. The van der Waals surface area contributed by atoms with E-state index in [4.69, 9.17) is 9.47 Å². The fourth-order valence-electron chi connectivity index (χ4n) is 2.08. The van der Waals surface area contributed by atoms with E-state index in [1.54, 1.807) is 31.2 Å². The largest absolute Gasteiger partial charge is 0.508 e. The van der Waals surface area contributed by atoms with Gasteiger partial charge in [-0.15, -0.1) is 0 Å². The molecule has 2 aromatic rings. The Kier molecular flexibility index (Phi) is 5.36. The van der Waals surface area contributed by atoms with E-state index in [1.165, 1.54) is 13.0 Å². The van der Waals surface area contributed by atoms with Crippen molar-refractivity contribution in [2.24, 2.45) is 0 Å². The Bertz CT molecular complexity index is 824. The van der Waals surface area contributed by atoms with Crippen molar-refractivity contribution in [1.29, 1.82) is 0 Å². The Morgan fingerprint density at radius 1 is 1.17 bits per heavy atom. The molecule has 0 bridgehead atoms. The summed E-state index contributed by atoms with van der Waals surface area (Å²) in [5, 5.41) is 9.51.